The zero-order chi connectivity index (χ0) is 19.6. The molecule has 1 fully saturated rings. The molecular formula is C15H17N3NaO8P. The summed E-state index contributed by atoms with van der Waals surface area (Å²) in [5.74, 6) is 0.0376. The van der Waals surface area contributed by atoms with E-state index in [4.69, 9.17) is 19.5 Å². The number of aromatic nitrogens is 2. The molecule has 11 nitrogen and oxygen atoms in total. The number of rotatable bonds is 6. The minimum Gasteiger partial charge on any atom is -0.746 e. The fourth-order valence-corrected chi connectivity index (χ4v) is 3.28. The molecule has 146 valence electrons. The Morgan fingerprint density at radius 1 is 1.25 bits per heavy atom. The number of nitrogens with zero attached hydrogens (tertiary/aromatic N) is 2. The van der Waals surface area contributed by atoms with E-state index < -0.39 is 44.7 Å². The number of benzene rings is 1. The number of phosphoric ester groups is 1. The van der Waals surface area contributed by atoms with Crippen LogP contribution in [0.3, 0.4) is 0 Å². The van der Waals surface area contributed by atoms with Gasteiger partial charge in [0.05, 0.1) is 6.61 Å². The second kappa shape index (κ2) is 9.49. The summed E-state index contributed by atoms with van der Waals surface area (Å²) in [5, 5.41) is 20.2. The van der Waals surface area contributed by atoms with E-state index >= 15 is 0 Å². The number of phosphoric acid groups is 1. The van der Waals surface area contributed by atoms with Crippen molar-refractivity contribution in [1.82, 2.24) is 9.55 Å². The number of aliphatic hydroxyl groups excluding tert-OH is 2. The van der Waals surface area contributed by atoms with Crippen molar-refractivity contribution in [2.45, 2.75) is 24.5 Å². The minimum atomic E-state index is -4.74. The van der Waals surface area contributed by atoms with Crippen molar-refractivity contribution >= 4 is 13.6 Å². The molecular weight excluding hydrogens is 404 g/mol. The van der Waals surface area contributed by atoms with Crippen molar-refractivity contribution < 1.29 is 63.0 Å². The van der Waals surface area contributed by atoms with Crippen molar-refractivity contribution in [2.24, 2.45) is 0 Å². The van der Waals surface area contributed by atoms with Gasteiger partial charge in [0.25, 0.3) is 0 Å². The molecule has 1 aliphatic rings. The number of nitrogens with two attached hydrogens (primary N) is 1. The molecule has 4 N–H and O–H groups in total. The number of anilines is 1. The Morgan fingerprint density at radius 3 is 2.57 bits per heavy atom. The Bertz CT molecular complexity index is 898. The van der Waals surface area contributed by atoms with Crippen LogP contribution >= 0.6 is 7.82 Å². The first kappa shape index (κ1) is 23.0. The first-order valence-corrected chi connectivity index (χ1v) is 9.29. The van der Waals surface area contributed by atoms with Crippen LogP contribution in [0.25, 0.3) is 0 Å². The number of ether oxygens (including phenoxy) is 1. The Morgan fingerprint density at radius 2 is 1.93 bits per heavy atom. The first-order chi connectivity index (χ1) is 12.8. The van der Waals surface area contributed by atoms with E-state index in [1.54, 1.807) is 18.2 Å². The van der Waals surface area contributed by atoms with Crippen molar-refractivity contribution in [1.29, 1.82) is 0 Å². The average molecular weight is 421 g/mol. The van der Waals surface area contributed by atoms with Gasteiger partial charge in [-0.1, -0.05) is 18.2 Å². The van der Waals surface area contributed by atoms with E-state index in [0.29, 0.717) is 0 Å². The molecule has 2 heterocycles. The zero-order valence-corrected chi connectivity index (χ0v) is 17.7. The minimum absolute atomic E-state index is 0. The molecule has 1 unspecified atom stereocenters. The molecule has 1 aromatic carbocycles. The summed E-state index contributed by atoms with van der Waals surface area (Å²) in [6.07, 6.45) is -4.28. The van der Waals surface area contributed by atoms with Gasteiger partial charge in [0.2, 0.25) is 0 Å². The maximum atomic E-state index is 11.9. The van der Waals surface area contributed by atoms with Crippen LogP contribution in [0.15, 0.2) is 47.4 Å². The third-order valence-electron chi connectivity index (χ3n) is 3.82. The summed E-state index contributed by atoms with van der Waals surface area (Å²) in [6.45, 7) is -0.626. The Labute approximate surface area is 181 Å². The molecule has 0 radical (unpaired) electrons. The van der Waals surface area contributed by atoms with E-state index in [1.807, 2.05) is 0 Å². The average Bonchev–Trinajstić information content (AvgIpc) is 2.89. The largest absolute Gasteiger partial charge is 1.00 e. The van der Waals surface area contributed by atoms with Crippen molar-refractivity contribution in [3.8, 4) is 5.75 Å². The van der Waals surface area contributed by atoms with E-state index in [1.165, 1.54) is 24.4 Å². The van der Waals surface area contributed by atoms with Crippen LogP contribution in [0, 0.1) is 0 Å². The summed E-state index contributed by atoms with van der Waals surface area (Å²) in [6, 6.07) is 9.01. The van der Waals surface area contributed by atoms with Gasteiger partial charge in [-0.3, -0.25) is 9.13 Å². The van der Waals surface area contributed by atoms with Crippen LogP contribution in [0.2, 0.25) is 0 Å². The summed E-state index contributed by atoms with van der Waals surface area (Å²) in [5.41, 5.74) is 4.60. The number of hydrogen-bond donors (Lipinski definition) is 3. The summed E-state index contributed by atoms with van der Waals surface area (Å²) >= 11 is 0. The van der Waals surface area contributed by atoms with Gasteiger partial charge in [0.15, 0.2) is 6.23 Å². The molecule has 0 saturated carbocycles. The van der Waals surface area contributed by atoms with Gasteiger partial charge in [-0.2, -0.15) is 4.98 Å². The molecule has 1 aliphatic heterocycles. The second-order valence-corrected chi connectivity index (χ2v) is 7.07. The summed E-state index contributed by atoms with van der Waals surface area (Å²) in [7, 11) is -4.74. The monoisotopic (exact) mass is 421 g/mol. The summed E-state index contributed by atoms with van der Waals surface area (Å²) in [4.78, 5) is 27.3. The SMILES string of the molecule is Nc1ccn([C@@H]2O[C@H](COP(=O)([O-])Oc3ccccc3)[C@@H](O)[C@@H]2O)c(=O)n1.[Na+]. The molecule has 0 spiro atoms. The Kier molecular flexibility index (Phi) is 7.80. The van der Waals surface area contributed by atoms with Crippen LogP contribution in [0.5, 0.6) is 5.75 Å². The first-order valence-electron chi connectivity index (χ1n) is 7.83. The molecule has 0 amide bonds. The smallest absolute Gasteiger partial charge is 0.746 e. The van der Waals surface area contributed by atoms with E-state index in [-0.39, 0.29) is 41.1 Å². The van der Waals surface area contributed by atoms with Gasteiger partial charge >= 0.3 is 43.1 Å². The molecule has 0 aliphatic carbocycles. The third-order valence-corrected chi connectivity index (χ3v) is 4.72. The van der Waals surface area contributed by atoms with Gasteiger partial charge < -0.3 is 34.6 Å². The van der Waals surface area contributed by atoms with Crippen molar-refractivity contribution in [3.05, 3.63) is 53.1 Å². The second-order valence-electron chi connectivity index (χ2n) is 5.74. The molecule has 13 heteroatoms. The fourth-order valence-electron chi connectivity index (χ4n) is 2.52. The maximum Gasteiger partial charge on any atom is 1.00 e. The van der Waals surface area contributed by atoms with Crippen LogP contribution < -0.4 is 50.4 Å². The van der Waals surface area contributed by atoms with Crippen molar-refractivity contribution in [2.75, 3.05) is 12.3 Å². The van der Waals surface area contributed by atoms with Crippen molar-refractivity contribution in [3.63, 3.8) is 0 Å². The van der Waals surface area contributed by atoms with Crippen LogP contribution in [-0.4, -0.2) is 44.7 Å². The predicted octanol–water partition coefficient (Wildman–Crippen LogP) is -3.99. The maximum absolute atomic E-state index is 11.9. The zero-order valence-electron chi connectivity index (χ0n) is 14.8. The number of para-hydroxylation sites is 1. The van der Waals surface area contributed by atoms with Crippen LogP contribution in [-0.2, 0) is 13.8 Å². The molecule has 28 heavy (non-hydrogen) atoms. The predicted molar refractivity (Wildman–Crippen MR) is 89.5 cm³/mol. The number of hydrogen-bond acceptors (Lipinski definition) is 10. The summed E-state index contributed by atoms with van der Waals surface area (Å²) < 4.78 is 27.7. The standard InChI is InChI=1S/C15H18N3O8P.Na/c16-11-6-7-18(15(21)17-11)14-13(20)12(19)10(25-14)8-24-27(22,23)26-9-4-2-1-3-5-9;/h1-7,10,12-14,19-20H,8H2,(H,22,23)(H2,16,17,21);/q;+1/p-1/t10-,12-,13+,14-;/m1./s1. The normalized spacial score (nSPS) is 26.2. The fraction of sp³-hybridized carbons (Fsp3) is 0.333. The van der Waals surface area contributed by atoms with Gasteiger partial charge in [0.1, 0.15) is 29.9 Å². The van der Waals surface area contributed by atoms with E-state index in [2.05, 4.69) is 4.98 Å². The molecule has 1 saturated heterocycles. The van der Waals surface area contributed by atoms with Crippen LogP contribution in [0.4, 0.5) is 5.82 Å². The van der Waals surface area contributed by atoms with Gasteiger partial charge in [0, 0.05) is 6.20 Å². The van der Waals surface area contributed by atoms with Crippen LogP contribution in [0.1, 0.15) is 6.23 Å². The van der Waals surface area contributed by atoms with Gasteiger partial charge in [-0.15, -0.1) is 0 Å². The molecule has 1 aromatic heterocycles. The third kappa shape index (κ3) is 5.41. The number of aliphatic hydroxyl groups is 2. The van der Waals surface area contributed by atoms with Gasteiger partial charge in [-0.05, 0) is 18.2 Å². The molecule has 3 rings (SSSR count). The molecule has 0 bridgehead atoms. The molecule has 2 aromatic rings. The number of nitrogen functional groups attached to an aromatic ring is 1. The van der Waals surface area contributed by atoms with E-state index in [9.17, 15) is 24.5 Å². The topological polar surface area (TPSA) is 169 Å². The Balaban J connectivity index is 0.00000280. The Hall–Kier alpha value is -1.27. The quantitative estimate of drug-likeness (QED) is 0.309. The molecule has 5 atom stereocenters. The van der Waals surface area contributed by atoms with Gasteiger partial charge in [-0.25, -0.2) is 4.79 Å². The van der Waals surface area contributed by atoms with E-state index in [0.717, 1.165) is 4.57 Å².